The minimum atomic E-state index is -5.61. The van der Waals surface area contributed by atoms with Crippen molar-refractivity contribution in [2.45, 2.75) is 145 Å². The van der Waals surface area contributed by atoms with E-state index in [4.69, 9.17) is 0 Å². The molecule has 0 saturated carbocycles. The van der Waals surface area contributed by atoms with Gasteiger partial charge in [-0.2, -0.15) is 21.6 Å². The Hall–Kier alpha value is -0.701. The zero-order chi connectivity index (χ0) is 31.5. The number of hydrogen-bond acceptors (Lipinski definition) is 3. The molecule has 0 rings (SSSR count). The van der Waals surface area contributed by atoms with Crippen LogP contribution >= 0.6 is 0 Å². The molecule has 3 nitrogen and oxygen atoms in total. The van der Waals surface area contributed by atoms with Crippen LogP contribution in [0.3, 0.4) is 0 Å². The summed E-state index contributed by atoms with van der Waals surface area (Å²) < 4.78 is 70.9. The van der Waals surface area contributed by atoms with Gasteiger partial charge in [0.1, 0.15) is 5.76 Å². The van der Waals surface area contributed by atoms with E-state index in [1.54, 1.807) is 0 Å². The van der Waals surface area contributed by atoms with Crippen molar-refractivity contribution in [2.24, 2.45) is 11.8 Å². The Bertz CT molecular complexity index is 925. The van der Waals surface area contributed by atoms with Crippen molar-refractivity contribution in [1.82, 2.24) is 0 Å². The molecule has 0 heterocycles. The van der Waals surface area contributed by atoms with Crippen LogP contribution in [0.5, 0.6) is 0 Å². The van der Waals surface area contributed by atoms with Gasteiger partial charge in [0.25, 0.3) is 0 Å². The molecule has 0 radical (unpaired) electrons. The SMILES string of the molecule is CCC[CH2][Sn](/[CH]=C/C(CC/C(C)=C/CC/C(C)=C/C/C=C(\C)OS(=O)(=O)C(F)(F)F)C(C)C)([CH2]CCC)[CH2]CCC. The van der Waals surface area contributed by atoms with Crippen LogP contribution in [0.4, 0.5) is 13.2 Å². The maximum absolute atomic E-state index is 12.4. The fraction of sp³-hybridized carbons (Fsp3) is 0.758. The summed E-state index contributed by atoms with van der Waals surface area (Å²) in [6.07, 6.45) is 20.6. The van der Waals surface area contributed by atoms with Gasteiger partial charge in [0, 0.05) is 0 Å². The second-order valence-electron chi connectivity index (χ2n) is 12.2. The molecule has 0 spiro atoms. The Morgan fingerprint density at radius 3 is 1.80 bits per heavy atom. The molecule has 1 unspecified atom stereocenters. The maximum atomic E-state index is 12.4. The molecule has 0 aromatic rings. The second-order valence-corrected chi connectivity index (χ2v) is 26.7. The number of hydrogen-bond donors (Lipinski definition) is 0. The third-order valence-electron chi connectivity index (χ3n) is 7.94. The van der Waals surface area contributed by atoms with Crippen LogP contribution in [0.25, 0.3) is 0 Å². The average molecular weight is 712 g/mol. The zero-order valence-electron chi connectivity index (χ0n) is 27.2. The van der Waals surface area contributed by atoms with E-state index in [0.717, 1.165) is 24.8 Å². The molecule has 41 heavy (non-hydrogen) atoms. The molecule has 240 valence electrons. The molecule has 8 heteroatoms. The first-order valence-electron chi connectivity index (χ1n) is 15.8. The second kappa shape index (κ2) is 21.1. The molecule has 1 atom stereocenters. The molecule has 0 aromatic carbocycles. The number of allylic oxidation sites excluding steroid dienone is 7. The molecule has 0 aliphatic carbocycles. The number of alkyl halides is 3. The molecule has 0 aliphatic rings. The van der Waals surface area contributed by atoms with Gasteiger partial charge in [0.2, 0.25) is 0 Å². The normalized spacial score (nSPS) is 15.3. The predicted octanol–water partition coefficient (Wildman–Crippen LogP) is 11.8. The van der Waals surface area contributed by atoms with Gasteiger partial charge in [0.15, 0.2) is 0 Å². The standard InChI is InChI=1S/C21H32F3O3S.3C4H9.Sn/c1-7-20(16(2)3)15-14-18(5)11-8-10-17(4)12-9-13-19(6)27-28(25,26)21(22,23)24;3*1-3-4-2;/h1,7,11-13,16,20H,8-10,14-15H2,2-6H3;3*1,3-4H2,2H3;/b7-1?,17-12+,18-11+,19-13+;;;;. The summed E-state index contributed by atoms with van der Waals surface area (Å²) in [4.78, 5) is 0. The van der Waals surface area contributed by atoms with E-state index in [-0.39, 0.29) is 5.76 Å². The summed E-state index contributed by atoms with van der Waals surface area (Å²) >= 11 is -2.28. The van der Waals surface area contributed by atoms with Crippen LogP contribution in [0, 0.1) is 11.8 Å². The molecule has 0 saturated heterocycles. The van der Waals surface area contributed by atoms with Crippen LogP contribution in [0.2, 0.25) is 13.3 Å². The van der Waals surface area contributed by atoms with Gasteiger partial charge in [0.05, 0.1) is 0 Å². The van der Waals surface area contributed by atoms with E-state index >= 15 is 0 Å². The van der Waals surface area contributed by atoms with E-state index in [1.807, 2.05) is 13.0 Å². The van der Waals surface area contributed by atoms with E-state index < -0.39 is 34.0 Å². The predicted molar refractivity (Wildman–Crippen MR) is 173 cm³/mol. The van der Waals surface area contributed by atoms with Crippen LogP contribution in [0.15, 0.2) is 45.3 Å². The fourth-order valence-electron chi connectivity index (χ4n) is 5.02. The molecule has 0 N–H and O–H groups in total. The van der Waals surface area contributed by atoms with Gasteiger partial charge in [-0.1, -0.05) is 0 Å². The Morgan fingerprint density at radius 1 is 0.829 bits per heavy atom. The van der Waals surface area contributed by atoms with E-state index in [2.05, 4.69) is 62.0 Å². The number of rotatable bonds is 22. The van der Waals surface area contributed by atoms with Gasteiger partial charge < -0.3 is 4.18 Å². The molecule has 0 amide bonds. The van der Waals surface area contributed by atoms with Gasteiger partial charge in [-0.3, -0.25) is 0 Å². The monoisotopic (exact) mass is 712 g/mol. The van der Waals surface area contributed by atoms with Crippen LogP contribution in [-0.2, 0) is 14.3 Å². The van der Waals surface area contributed by atoms with Gasteiger partial charge in [-0.15, -0.1) is 0 Å². The van der Waals surface area contributed by atoms with Gasteiger partial charge >= 0.3 is 212 Å². The first-order chi connectivity index (χ1) is 19.1. The Morgan fingerprint density at radius 2 is 1.34 bits per heavy atom. The third kappa shape index (κ3) is 17.9. The number of halogens is 3. The van der Waals surface area contributed by atoms with Crippen molar-refractivity contribution in [3.8, 4) is 0 Å². The fourth-order valence-corrected chi connectivity index (χ4v) is 20.0. The zero-order valence-corrected chi connectivity index (χ0v) is 30.9. The summed E-state index contributed by atoms with van der Waals surface area (Å²) in [6, 6.07) is 0. The van der Waals surface area contributed by atoms with E-state index in [0.29, 0.717) is 18.3 Å². The average Bonchev–Trinajstić information content (AvgIpc) is 2.87. The van der Waals surface area contributed by atoms with Crippen molar-refractivity contribution in [3.05, 3.63) is 45.3 Å². The molecular formula is C33H59F3O3SSn. The topological polar surface area (TPSA) is 43.4 Å². The van der Waals surface area contributed by atoms with E-state index in [9.17, 15) is 21.6 Å². The van der Waals surface area contributed by atoms with Crippen molar-refractivity contribution >= 4 is 28.5 Å². The molecule has 0 fully saturated rings. The minimum absolute atomic E-state index is 0.279. The van der Waals surface area contributed by atoms with Crippen LogP contribution in [0.1, 0.15) is 126 Å². The number of unbranched alkanes of at least 4 members (excludes halogenated alkanes) is 3. The Balaban J connectivity index is 5.09. The molecular weight excluding hydrogens is 652 g/mol. The molecule has 0 aliphatic heterocycles. The van der Waals surface area contributed by atoms with Crippen molar-refractivity contribution < 1.29 is 25.8 Å². The van der Waals surface area contributed by atoms with Crippen LogP contribution < -0.4 is 0 Å². The first-order valence-corrected chi connectivity index (χ1v) is 24.9. The summed E-state index contributed by atoms with van der Waals surface area (Å²) in [5, 5.41) is 0. The van der Waals surface area contributed by atoms with Crippen molar-refractivity contribution in [3.63, 3.8) is 0 Å². The van der Waals surface area contributed by atoms with Crippen LogP contribution in [-0.4, -0.2) is 32.3 Å². The summed E-state index contributed by atoms with van der Waals surface area (Å²) in [6.45, 7) is 17.1. The Labute approximate surface area is 255 Å². The molecule has 0 aromatic heterocycles. The summed E-state index contributed by atoms with van der Waals surface area (Å²) in [5.41, 5.74) is -2.92. The van der Waals surface area contributed by atoms with Crippen molar-refractivity contribution in [1.29, 1.82) is 0 Å². The van der Waals surface area contributed by atoms with E-state index in [1.165, 1.54) is 76.8 Å². The molecule has 0 bridgehead atoms. The van der Waals surface area contributed by atoms with Gasteiger partial charge in [-0.05, 0) is 13.0 Å². The first kappa shape index (κ1) is 40.3. The third-order valence-corrected chi connectivity index (χ3v) is 23.1. The Kier molecular flexibility index (Phi) is 20.7. The van der Waals surface area contributed by atoms with Gasteiger partial charge in [-0.25, -0.2) is 0 Å². The summed E-state index contributed by atoms with van der Waals surface area (Å²) in [7, 11) is -5.61. The summed E-state index contributed by atoms with van der Waals surface area (Å²) in [5.74, 6) is 0.959. The van der Waals surface area contributed by atoms with Crippen molar-refractivity contribution in [2.75, 3.05) is 0 Å². The quantitative estimate of drug-likeness (QED) is 0.0369.